The van der Waals surface area contributed by atoms with Gasteiger partial charge in [-0.1, -0.05) is 24.6 Å². The molecule has 1 heterocycles. The number of carboxylic acid groups (broad SMARTS) is 1. The molecular formula is C17H23NO2. The molecule has 1 aliphatic heterocycles. The van der Waals surface area contributed by atoms with Crippen molar-refractivity contribution in [1.82, 2.24) is 0 Å². The first-order valence-electron chi connectivity index (χ1n) is 7.10. The Kier molecular flexibility index (Phi) is 3.63. The first kappa shape index (κ1) is 14.6. The topological polar surface area (TPSA) is 40.5 Å². The van der Waals surface area contributed by atoms with Crippen molar-refractivity contribution in [2.24, 2.45) is 0 Å². The van der Waals surface area contributed by atoms with Gasteiger partial charge in [-0.15, -0.1) is 0 Å². The van der Waals surface area contributed by atoms with E-state index in [9.17, 15) is 9.90 Å². The summed E-state index contributed by atoms with van der Waals surface area (Å²) < 4.78 is 0. The van der Waals surface area contributed by atoms with Gasteiger partial charge in [0.1, 0.15) is 6.04 Å². The third kappa shape index (κ3) is 2.33. The number of fused-ring (bicyclic) bond motifs is 1. The summed E-state index contributed by atoms with van der Waals surface area (Å²) in [7, 11) is 0. The second kappa shape index (κ2) is 4.97. The highest BCUT2D eigenvalue weighted by Crippen LogP contribution is 2.41. The van der Waals surface area contributed by atoms with Crippen molar-refractivity contribution >= 4 is 17.2 Å². The van der Waals surface area contributed by atoms with Gasteiger partial charge >= 0.3 is 5.97 Å². The Morgan fingerprint density at radius 2 is 2.00 bits per heavy atom. The Morgan fingerprint density at radius 1 is 1.35 bits per heavy atom. The number of nitrogens with zero attached hydrogens (tertiary/aromatic N) is 1. The number of aryl methyl sites for hydroxylation is 1. The smallest absolute Gasteiger partial charge is 0.326 e. The molecular weight excluding hydrogens is 250 g/mol. The van der Waals surface area contributed by atoms with Crippen LogP contribution in [0.5, 0.6) is 0 Å². The third-order valence-corrected chi connectivity index (χ3v) is 4.01. The first-order chi connectivity index (χ1) is 9.27. The lowest BCUT2D eigenvalue weighted by Crippen LogP contribution is -2.54. The number of carboxylic acids is 1. The predicted molar refractivity (Wildman–Crippen MR) is 83.1 cm³/mol. The van der Waals surface area contributed by atoms with Gasteiger partial charge in [0.2, 0.25) is 0 Å². The molecule has 1 N–H and O–H groups in total. The highest BCUT2D eigenvalue weighted by Gasteiger charge is 2.38. The maximum atomic E-state index is 11.6. The van der Waals surface area contributed by atoms with Gasteiger partial charge in [-0.2, -0.15) is 0 Å². The highest BCUT2D eigenvalue weighted by molar-refractivity contribution is 5.87. The molecule has 20 heavy (non-hydrogen) atoms. The summed E-state index contributed by atoms with van der Waals surface area (Å²) in [6, 6.07) is 5.73. The van der Waals surface area contributed by atoms with Gasteiger partial charge in [0.25, 0.3) is 0 Å². The van der Waals surface area contributed by atoms with Crippen LogP contribution in [0.15, 0.2) is 24.3 Å². The number of aliphatic carboxylic acids is 1. The molecule has 1 aromatic rings. The fourth-order valence-electron chi connectivity index (χ4n) is 3.20. The van der Waals surface area contributed by atoms with Gasteiger partial charge in [-0.05, 0) is 51.8 Å². The van der Waals surface area contributed by atoms with Crippen LogP contribution in [-0.4, -0.2) is 22.7 Å². The number of allylic oxidation sites excluding steroid dienone is 1. The lowest BCUT2D eigenvalue weighted by molar-refractivity contribution is -0.139. The zero-order chi connectivity index (χ0) is 15.1. The number of benzene rings is 1. The van der Waals surface area contributed by atoms with Crippen molar-refractivity contribution in [3.05, 3.63) is 35.4 Å². The summed E-state index contributed by atoms with van der Waals surface area (Å²) in [5.41, 5.74) is 4.27. The van der Waals surface area contributed by atoms with Crippen LogP contribution in [-0.2, 0) is 4.79 Å². The van der Waals surface area contributed by atoms with E-state index in [1.807, 2.05) is 11.8 Å². The normalized spacial score (nSPS) is 18.2. The minimum atomic E-state index is -0.764. The summed E-state index contributed by atoms with van der Waals surface area (Å²) >= 11 is 0. The van der Waals surface area contributed by atoms with E-state index >= 15 is 0 Å². The second-order valence-corrected chi connectivity index (χ2v) is 6.13. The largest absolute Gasteiger partial charge is 0.480 e. The number of rotatable bonds is 3. The monoisotopic (exact) mass is 273 g/mol. The van der Waals surface area contributed by atoms with E-state index in [1.165, 1.54) is 11.1 Å². The molecule has 0 fully saturated rings. The fourth-order valence-corrected chi connectivity index (χ4v) is 3.20. The van der Waals surface area contributed by atoms with Crippen molar-refractivity contribution in [3.8, 4) is 0 Å². The van der Waals surface area contributed by atoms with Crippen LogP contribution in [0.1, 0.15) is 45.2 Å². The molecule has 1 aromatic carbocycles. The molecule has 3 heteroatoms. The molecule has 0 unspecified atom stereocenters. The van der Waals surface area contributed by atoms with E-state index in [4.69, 9.17) is 0 Å². The SMILES string of the molecule is CC[C@H](C(=O)O)N1c2ccc(C)cc2C(C)=CC1(C)C. The quantitative estimate of drug-likeness (QED) is 0.909. The summed E-state index contributed by atoms with van der Waals surface area (Å²) in [4.78, 5) is 13.7. The molecule has 0 saturated carbocycles. The van der Waals surface area contributed by atoms with Crippen LogP contribution < -0.4 is 4.90 Å². The molecule has 1 atom stereocenters. The number of carbonyl (C=O) groups is 1. The zero-order valence-corrected chi connectivity index (χ0v) is 12.9. The molecule has 0 saturated heterocycles. The van der Waals surface area contributed by atoms with E-state index < -0.39 is 12.0 Å². The molecule has 0 amide bonds. The Bertz CT molecular complexity index is 572. The Morgan fingerprint density at radius 3 is 2.55 bits per heavy atom. The maximum absolute atomic E-state index is 11.6. The van der Waals surface area contributed by atoms with Crippen LogP contribution in [0.2, 0.25) is 0 Å². The van der Waals surface area contributed by atoms with E-state index in [0.29, 0.717) is 6.42 Å². The highest BCUT2D eigenvalue weighted by atomic mass is 16.4. The van der Waals surface area contributed by atoms with Crippen LogP contribution >= 0.6 is 0 Å². The van der Waals surface area contributed by atoms with Crippen molar-refractivity contribution < 1.29 is 9.90 Å². The molecule has 2 rings (SSSR count). The molecule has 0 radical (unpaired) electrons. The molecule has 3 nitrogen and oxygen atoms in total. The van der Waals surface area contributed by atoms with Gasteiger partial charge < -0.3 is 10.0 Å². The standard InChI is InChI=1S/C17H23NO2/c1-6-14(16(19)20)18-15-8-7-11(2)9-13(15)12(3)10-17(18,4)5/h7-10,14H,6H2,1-5H3,(H,19,20)/t14-/m1/s1. The lowest BCUT2D eigenvalue weighted by Gasteiger charge is -2.46. The Balaban J connectivity index is 2.65. The van der Waals surface area contributed by atoms with Crippen LogP contribution in [0.3, 0.4) is 0 Å². The zero-order valence-electron chi connectivity index (χ0n) is 12.9. The van der Waals surface area contributed by atoms with Crippen molar-refractivity contribution in [2.45, 2.75) is 52.6 Å². The third-order valence-electron chi connectivity index (χ3n) is 4.01. The average Bonchev–Trinajstić information content (AvgIpc) is 2.33. The molecule has 0 spiro atoms. The summed E-state index contributed by atoms with van der Waals surface area (Å²) in [5.74, 6) is -0.764. The minimum absolute atomic E-state index is 0.300. The second-order valence-electron chi connectivity index (χ2n) is 6.13. The van der Waals surface area contributed by atoms with E-state index in [1.54, 1.807) is 0 Å². The van der Waals surface area contributed by atoms with Gasteiger partial charge in [0.05, 0.1) is 5.54 Å². The maximum Gasteiger partial charge on any atom is 0.326 e. The van der Waals surface area contributed by atoms with E-state index in [0.717, 1.165) is 11.3 Å². The Labute approximate surface area is 120 Å². The van der Waals surface area contributed by atoms with Gasteiger partial charge in [-0.25, -0.2) is 4.79 Å². The molecule has 0 bridgehead atoms. The van der Waals surface area contributed by atoms with Crippen molar-refractivity contribution in [2.75, 3.05) is 4.90 Å². The van der Waals surface area contributed by atoms with Crippen LogP contribution in [0, 0.1) is 6.92 Å². The molecule has 0 aromatic heterocycles. The minimum Gasteiger partial charge on any atom is -0.480 e. The van der Waals surface area contributed by atoms with Crippen LogP contribution in [0.25, 0.3) is 5.57 Å². The summed E-state index contributed by atoms with van der Waals surface area (Å²) in [6.07, 6.45) is 2.75. The summed E-state index contributed by atoms with van der Waals surface area (Å²) in [6.45, 7) is 10.2. The first-order valence-corrected chi connectivity index (χ1v) is 7.10. The predicted octanol–water partition coefficient (Wildman–Crippen LogP) is 3.86. The fraction of sp³-hybridized carbons (Fsp3) is 0.471. The van der Waals surface area contributed by atoms with Crippen molar-refractivity contribution in [1.29, 1.82) is 0 Å². The van der Waals surface area contributed by atoms with E-state index in [-0.39, 0.29) is 5.54 Å². The van der Waals surface area contributed by atoms with Crippen LogP contribution in [0.4, 0.5) is 5.69 Å². The lowest BCUT2D eigenvalue weighted by atomic mass is 9.86. The number of hydrogen-bond donors (Lipinski definition) is 1. The number of anilines is 1. The summed E-state index contributed by atoms with van der Waals surface area (Å²) in [5, 5.41) is 9.54. The Hall–Kier alpha value is -1.77. The molecule has 1 aliphatic rings. The van der Waals surface area contributed by atoms with E-state index in [2.05, 4.69) is 52.0 Å². The van der Waals surface area contributed by atoms with Gasteiger partial charge in [0.15, 0.2) is 0 Å². The number of hydrogen-bond acceptors (Lipinski definition) is 2. The molecule has 108 valence electrons. The average molecular weight is 273 g/mol. The molecule has 0 aliphatic carbocycles. The van der Waals surface area contributed by atoms with Gasteiger partial charge in [0, 0.05) is 11.3 Å². The van der Waals surface area contributed by atoms with Crippen molar-refractivity contribution in [3.63, 3.8) is 0 Å². The van der Waals surface area contributed by atoms with Gasteiger partial charge in [-0.3, -0.25) is 0 Å².